The Balaban J connectivity index is 2.06. The number of anilines is 1. The summed E-state index contributed by atoms with van der Waals surface area (Å²) in [7, 11) is 0. The largest absolute Gasteiger partial charge is 0.398 e. The Morgan fingerprint density at radius 3 is 2.83 bits per heavy atom. The normalized spacial score (nSPS) is 16.3. The highest BCUT2D eigenvalue weighted by molar-refractivity contribution is 9.10. The van der Waals surface area contributed by atoms with Crippen LogP contribution in [0.2, 0.25) is 0 Å². The van der Waals surface area contributed by atoms with Crippen LogP contribution in [0, 0.1) is 0 Å². The summed E-state index contributed by atoms with van der Waals surface area (Å²) in [5, 5.41) is 8.30. The first-order valence-corrected chi connectivity index (χ1v) is 7.00. The molecule has 0 spiro atoms. The van der Waals surface area contributed by atoms with Crippen molar-refractivity contribution in [2.45, 2.75) is 31.7 Å². The molecular weight excluding hydrogens is 292 g/mol. The number of benzene rings is 1. The number of nitrogens with zero attached hydrogens (tertiary/aromatic N) is 3. The van der Waals surface area contributed by atoms with E-state index in [-0.39, 0.29) is 0 Å². The minimum absolute atomic E-state index is 0.522. The maximum Gasteiger partial charge on any atom is 0.166 e. The summed E-state index contributed by atoms with van der Waals surface area (Å²) >= 11 is 3.48. The van der Waals surface area contributed by atoms with Crippen molar-refractivity contribution in [3.63, 3.8) is 0 Å². The van der Waals surface area contributed by atoms with Crippen LogP contribution in [-0.2, 0) is 0 Å². The molecule has 94 valence electrons. The van der Waals surface area contributed by atoms with Gasteiger partial charge in [-0.05, 0) is 31.0 Å². The van der Waals surface area contributed by atoms with Crippen molar-refractivity contribution in [1.82, 2.24) is 14.8 Å². The molecule has 1 saturated carbocycles. The van der Waals surface area contributed by atoms with Gasteiger partial charge in [-0.1, -0.05) is 28.8 Å². The van der Waals surface area contributed by atoms with Crippen LogP contribution in [0.4, 0.5) is 5.69 Å². The fourth-order valence-corrected chi connectivity index (χ4v) is 2.97. The molecule has 2 N–H and O–H groups in total. The van der Waals surface area contributed by atoms with Crippen LogP contribution < -0.4 is 5.73 Å². The van der Waals surface area contributed by atoms with Gasteiger partial charge < -0.3 is 10.3 Å². The fourth-order valence-electron chi connectivity index (χ4n) is 2.61. The predicted molar refractivity (Wildman–Crippen MR) is 75.1 cm³/mol. The van der Waals surface area contributed by atoms with E-state index in [0.29, 0.717) is 6.04 Å². The van der Waals surface area contributed by atoms with E-state index < -0.39 is 0 Å². The molecule has 3 rings (SSSR count). The van der Waals surface area contributed by atoms with E-state index >= 15 is 0 Å². The molecule has 5 heteroatoms. The predicted octanol–water partition coefficient (Wildman–Crippen LogP) is 3.40. The lowest BCUT2D eigenvalue weighted by Crippen LogP contribution is -2.06. The van der Waals surface area contributed by atoms with Gasteiger partial charge in [-0.3, -0.25) is 0 Å². The maximum atomic E-state index is 6.05. The van der Waals surface area contributed by atoms with E-state index in [4.69, 9.17) is 5.73 Å². The summed E-state index contributed by atoms with van der Waals surface area (Å²) in [6.45, 7) is 0. The molecule has 4 nitrogen and oxygen atoms in total. The first-order valence-electron chi connectivity index (χ1n) is 6.20. The van der Waals surface area contributed by atoms with E-state index in [9.17, 15) is 0 Å². The molecule has 0 radical (unpaired) electrons. The molecule has 1 aromatic heterocycles. The minimum atomic E-state index is 0.522. The van der Waals surface area contributed by atoms with E-state index in [1.165, 1.54) is 25.7 Å². The van der Waals surface area contributed by atoms with Gasteiger partial charge in [-0.15, -0.1) is 10.2 Å². The zero-order valence-electron chi connectivity index (χ0n) is 10.0. The average molecular weight is 307 g/mol. The lowest BCUT2D eigenvalue weighted by atomic mass is 10.1. The third kappa shape index (κ3) is 2.03. The summed E-state index contributed by atoms with van der Waals surface area (Å²) in [4.78, 5) is 0. The molecule has 1 aromatic carbocycles. The summed E-state index contributed by atoms with van der Waals surface area (Å²) in [6, 6.07) is 6.36. The van der Waals surface area contributed by atoms with Crippen LogP contribution in [0.3, 0.4) is 0 Å². The zero-order chi connectivity index (χ0) is 12.5. The molecule has 0 saturated heterocycles. The zero-order valence-corrected chi connectivity index (χ0v) is 11.6. The van der Waals surface area contributed by atoms with Crippen molar-refractivity contribution < 1.29 is 0 Å². The molecule has 0 bridgehead atoms. The van der Waals surface area contributed by atoms with E-state index in [1.54, 1.807) is 0 Å². The van der Waals surface area contributed by atoms with Gasteiger partial charge in [0.2, 0.25) is 0 Å². The lowest BCUT2D eigenvalue weighted by Gasteiger charge is -2.14. The van der Waals surface area contributed by atoms with Gasteiger partial charge in [0.05, 0.1) is 0 Å². The first kappa shape index (κ1) is 11.7. The third-order valence-electron chi connectivity index (χ3n) is 3.55. The number of hydrogen-bond acceptors (Lipinski definition) is 3. The Morgan fingerprint density at radius 2 is 2.06 bits per heavy atom. The quantitative estimate of drug-likeness (QED) is 0.865. The molecule has 0 amide bonds. The SMILES string of the molecule is Nc1ccc(Br)cc1-c1nncn1C1CCCC1. The van der Waals surface area contributed by atoms with Crippen molar-refractivity contribution in [3.05, 3.63) is 29.0 Å². The molecule has 1 aliphatic carbocycles. The van der Waals surface area contributed by atoms with Crippen molar-refractivity contribution in [1.29, 1.82) is 0 Å². The highest BCUT2D eigenvalue weighted by atomic mass is 79.9. The second-order valence-corrected chi connectivity index (χ2v) is 5.65. The van der Waals surface area contributed by atoms with Crippen molar-refractivity contribution in [2.75, 3.05) is 5.73 Å². The van der Waals surface area contributed by atoms with Crippen LogP contribution in [0.15, 0.2) is 29.0 Å². The topological polar surface area (TPSA) is 56.7 Å². The van der Waals surface area contributed by atoms with Gasteiger partial charge in [-0.25, -0.2) is 0 Å². The highest BCUT2D eigenvalue weighted by Crippen LogP contribution is 2.34. The number of aromatic nitrogens is 3. The summed E-state index contributed by atoms with van der Waals surface area (Å²) in [5.41, 5.74) is 7.74. The van der Waals surface area contributed by atoms with Gasteiger partial charge in [0, 0.05) is 21.8 Å². The van der Waals surface area contributed by atoms with Gasteiger partial charge in [0.25, 0.3) is 0 Å². The van der Waals surface area contributed by atoms with Crippen LogP contribution in [0.25, 0.3) is 11.4 Å². The Hall–Kier alpha value is -1.36. The van der Waals surface area contributed by atoms with Crippen LogP contribution in [0.1, 0.15) is 31.7 Å². The molecular formula is C13H15BrN4. The molecule has 1 heterocycles. The third-order valence-corrected chi connectivity index (χ3v) is 4.04. The summed E-state index contributed by atoms with van der Waals surface area (Å²) in [5.74, 6) is 0.876. The first-order chi connectivity index (χ1) is 8.75. The average Bonchev–Trinajstić information content (AvgIpc) is 3.00. The highest BCUT2D eigenvalue weighted by Gasteiger charge is 2.21. The Labute approximate surface area is 114 Å². The molecule has 18 heavy (non-hydrogen) atoms. The number of nitrogens with two attached hydrogens (primary N) is 1. The van der Waals surface area contributed by atoms with Gasteiger partial charge in [0.15, 0.2) is 5.82 Å². The Bertz CT molecular complexity index is 558. The molecule has 1 fully saturated rings. The van der Waals surface area contributed by atoms with Gasteiger partial charge in [0.1, 0.15) is 6.33 Å². The molecule has 1 aliphatic rings. The summed E-state index contributed by atoms with van der Waals surface area (Å²) < 4.78 is 3.18. The Morgan fingerprint density at radius 1 is 1.28 bits per heavy atom. The number of rotatable bonds is 2. The van der Waals surface area contributed by atoms with Gasteiger partial charge in [-0.2, -0.15) is 0 Å². The monoisotopic (exact) mass is 306 g/mol. The number of halogens is 1. The van der Waals surface area contributed by atoms with E-state index in [2.05, 4.69) is 30.7 Å². The second kappa shape index (κ2) is 4.72. The summed E-state index contributed by atoms with van der Waals surface area (Å²) in [6.07, 6.45) is 6.82. The van der Waals surface area contributed by atoms with Crippen LogP contribution in [0.5, 0.6) is 0 Å². The van der Waals surface area contributed by atoms with Crippen LogP contribution >= 0.6 is 15.9 Å². The second-order valence-electron chi connectivity index (χ2n) is 4.73. The van der Waals surface area contributed by atoms with E-state index in [1.807, 2.05) is 24.5 Å². The van der Waals surface area contributed by atoms with Crippen molar-refractivity contribution in [2.24, 2.45) is 0 Å². The maximum absolute atomic E-state index is 6.05. The molecule has 0 unspecified atom stereocenters. The minimum Gasteiger partial charge on any atom is -0.398 e. The molecule has 2 aromatic rings. The van der Waals surface area contributed by atoms with Crippen molar-refractivity contribution >= 4 is 21.6 Å². The smallest absolute Gasteiger partial charge is 0.166 e. The number of hydrogen-bond donors (Lipinski definition) is 1. The lowest BCUT2D eigenvalue weighted by molar-refractivity contribution is 0.522. The van der Waals surface area contributed by atoms with E-state index in [0.717, 1.165) is 21.5 Å². The fraction of sp³-hybridized carbons (Fsp3) is 0.385. The Kier molecular flexibility index (Phi) is 3.07. The molecule has 0 atom stereocenters. The number of nitrogen functional groups attached to an aromatic ring is 1. The van der Waals surface area contributed by atoms with Gasteiger partial charge >= 0.3 is 0 Å². The molecule has 0 aliphatic heterocycles. The standard InChI is InChI=1S/C13H15BrN4/c14-9-5-6-12(15)11(7-9)13-17-16-8-18(13)10-3-1-2-4-10/h5-8,10H,1-4,15H2. The van der Waals surface area contributed by atoms with Crippen LogP contribution in [-0.4, -0.2) is 14.8 Å². The van der Waals surface area contributed by atoms with Crippen molar-refractivity contribution in [3.8, 4) is 11.4 Å².